The standard InChI is InChI=1S/C26H32O5/c1-2-3-4-5-6-7-8-9-20-30-23-17-13-22(14-18-23)26(29)31-24-15-10-21(11-16-24)12-19-25(27)28/h10-19H,2-9,20H2,1H3,(H,27,28). The molecular weight excluding hydrogens is 392 g/mol. The van der Waals surface area contributed by atoms with Crippen LogP contribution >= 0.6 is 0 Å². The van der Waals surface area contributed by atoms with Crippen molar-refractivity contribution in [3.05, 3.63) is 65.7 Å². The van der Waals surface area contributed by atoms with Crippen LogP contribution in [0.25, 0.3) is 6.08 Å². The van der Waals surface area contributed by atoms with Crippen LogP contribution in [0.4, 0.5) is 0 Å². The van der Waals surface area contributed by atoms with Gasteiger partial charge in [-0.2, -0.15) is 0 Å². The van der Waals surface area contributed by atoms with Gasteiger partial charge in [0.15, 0.2) is 0 Å². The summed E-state index contributed by atoms with van der Waals surface area (Å²) < 4.78 is 11.1. The monoisotopic (exact) mass is 424 g/mol. The van der Waals surface area contributed by atoms with Gasteiger partial charge in [0.25, 0.3) is 0 Å². The highest BCUT2D eigenvalue weighted by molar-refractivity contribution is 5.91. The van der Waals surface area contributed by atoms with Gasteiger partial charge in [-0.25, -0.2) is 9.59 Å². The summed E-state index contributed by atoms with van der Waals surface area (Å²) in [6.07, 6.45) is 12.6. The van der Waals surface area contributed by atoms with Crippen LogP contribution in [-0.4, -0.2) is 23.7 Å². The zero-order valence-corrected chi connectivity index (χ0v) is 18.2. The summed E-state index contributed by atoms with van der Waals surface area (Å²) in [6.45, 7) is 2.92. The fourth-order valence-electron chi connectivity index (χ4n) is 3.09. The number of carboxylic acid groups (broad SMARTS) is 1. The van der Waals surface area contributed by atoms with Crippen LogP contribution in [0.5, 0.6) is 11.5 Å². The average molecular weight is 425 g/mol. The third kappa shape index (κ3) is 9.98. The first-order chi connectivity index (χ1) is 15.1. The first kappa shape index (κ1) is 24.2. The van der Waals surface area contributed by atoms with Crippen molar-refractivity contribution in [3.8, 4) is 11.5 Å². The Morgan fingerprint density at radius 2 is 1.39 bits per heavy atom. The molecule has 0 radical (unpaired) electrons. The second-order valence-corrected chi connectivity index (χ2v) is 7.48. The summed E-state index contributed by atoms with van der Waals surface area (Å²) in [6, 6.07) is 13.6. The van der Waals surface area contributed by atoms with E-state index in [2.05, 4.69) is 6.92 Å². The number of aliphatic carboxylic acids is 1. The summed E-state index contributed by atoms with van der Waals surface area (Å²) >= 11 is 0. The molecule has 0 amide bonds. The minimum atomic E-state index is -1.01. The number of carbonyl (C=O) groups excluding carboxylic acids is 1. The average Bonchev–Trinajstić information content (AvgIpc) is 2.78. The molecule has 0 aliphatic heterocycles. The molecule has 2 rings (SSSR count). The lowest BCUT2D eigenvalue weighted by molar-refractivity contribution is -0.131. The van der Waals surface area contributed by atoms with Crippen molar-refractivity contribution < 1.29 is 24.2 Å². The maximum Gasteiger partial charge on any atom is 0.343 e. The van der Waals surface area contributed by atoms with Gasteiger partial charge >= 0.3 is 11.9 Å². The molecule has 0 aromatic heterocycles. The van der Waals surface area contributed by atoms with Gasteiger partial charge in [-0.05, 0) is 54.5 Å². The highest BCUT2D eigenvalue weighted by Gasteiger charge is 2.09. The van der Waals surface area contributed by atoms with Crippen LogP contribution in [0.15, 0.2) is 54.6 Å². The van der Waals surface area contributed by atoms with Crippen molar-refractivity contribution in [3.63, 3.8) is 0 Å². The highest BCUT2D eigenvalue weighted by atomic mass is 16.5. The number of hydrogen-bond donors (Lipinski definition) is 1. The van der Waals surface area contributed by atoms with Gasteiger partial charge in [-0.15, -0.1) is 0 Å². The Bertz CT molecular complexity index is 822. The SMILES string of the molecule is CCCCCCCCCCOc1ccc(C(=O)Oc2ccc(C=CC(=O)O)cc2)cc1. The number of esters is 1. The molecule has 0 unspecified atom stereocenters. The number of carbonyl (C=O) groups is 2. The van der Waals surface area contributed by atoms with E-state index in [1.807, 2.05) is 0 Å². The number of rotatable bonds is 14. The van der Waals surface area contributed by atoms with E-state index < -0.39 is 11.9 Å². The Balaban J connectivity index is 1.70. The van der Waals surface area contributed by atoms with E-state index in [-0.39, 0.29) is 0 Å². The number of unbranched alkanes of at least 4 members (excludes halogenated alkanes) is 7. The third-order valence-electron chi connectivity index (χ3n) is 4.87. The number of benzene rings is 2. The summed E-state index contributed by atoms with van der Waals surface area (Å²) in [5, 5.41) is 8.64. The Morgan fingerprint density at radius 1 is 0.806 bits per heavy atom. The molecule has 1 N–H and O–H groups in total. The second kappa shape index (κ2) is 14.0. The van der Waals surface area contributed by atoms with E-state index in [0.717, 1.165) is 18.2 Å². The van der Waals surface area contributed by atoms with Crippen molar-refractivity contribution in [2.75, 3.05) is 6.61 Å². The highest BCUT2D eigenvalue weighted by Crippen LogP contribution is 2.18. The van der Waals surface area contributed by atoms with Crippen LogP contribution in [0.2, 0.25) is 0 Å². The number of ether oxygens (including phenoxy) is 2. The molecule has 0 aliphatic carbocycles. The van der Waals surface area contributed by atoms with E-state index in [1.165, 1.54) is 51.0 Å². The quantitative estimate of drug-likeness (QED) is 0.162. The third-order valence-corrected chi connectivity index (χ3v) is 4.87. The molecule has 0 saturated carbocycles. The smallest absolute Gasteiger partial charge is 0.343 e. The minimum absolute atomic E-state index is 0.396. The van der Waals surface area contributed by atoms with E-state index in [9.17, 15) is 9.59 Å². The molecule has 166 valence electrons. The van der Waals surface area contributed by atoms with Crippen molar-refractivity contribution in [1.82, 2.24) is 0 Å². The van der Waals surface area contributed by atoms with Crippen LogP contribution in [0.3, 0.4) is 0 Å². The van der Waals surface area contributed by atoms with Gasteiger partial charge in [-0.3, -0.25) is 0 Å². The first-order valence-corrected chi connectivity index (χ1v) is 11.0. The van der Waals surface area contributed by atoms with Crippen LogP contribution in [0.1, 0.15) is 74.2 Å². The molecule has 0 fully saturated rings. The molecule has 5 nitrogen and oxygen atoms in total. The van der Waals surface area contributed by atoms with Crippen LogP contribution < -0.4 is 9.47 Å². The van der Waals surface area contributed by atoms with E-state index in [4.69, 9.17) is 14.6 Å². The zero-order valence-electron chi connectivity index (χ0n) is 18.2. The summed E-state index contributed by atoms with van der Waals surface area (Å²) in [7, 11) is 0. The fourth-order valence-corrected chi connectivity index (χ4v) is 3.09. The summed E-state index contributed by atoms with van der Waals surface area (Å²) in [4.78, 5) is 22.8. The van der Waals surface area contributed by atoms with Crippen molar-refractivity contribution in [2.45, 2.75) is 58.3 Å². The van der Waals surface area contributed by atoms with Gasteiger partial charge in [0.1, 0.15) is 11.5 Å². The Hall–Kier alpha value is -3.08. The Kier molecular flexibility index (Phi) is 10.9. The van der Waals surface area contributed by atoms with Crippen molar-refractivity contribution >= 4 is 18.0 Å². The van der Waals surface area contributed by atoms with Crippen LogP contribution in [0, 0.1) is 0 Å². The number of carboxylic acids is 1. The minimum Gasteiger partial charge on any atom is -0.494 e. The van der Waals surface area contributed by atoms with E-state index in [0.29, 0.717) is 23.5 Å². The molecule has 0 heterocycles. The van der Waals surface area contributed by atoms with Gasteiger partial charge in [0, 0.05) is 6.08 Å². The van der Waals surface area contributed by atoms with E-state index in [1.54, 1.807) is 48.5 Å². The molecule has 0 atom stereocenters. The lowest BCUT2D eigenvalue weighted by atomic mass is 10.1. The molecule has 0 saturated heterocycles. The molecule has 5 heteroatoms. The molecule has 31 heavy (non-hydrogen) atoms. The predicted molar refractivity (Wildman–Crippen MR) is 123 cm³/mol. The normalized spacial score (nSPS) is 10.9. The maximum absolute atomic E-state index is 12.3. The predicted octanol–water partition coefficient (Wildman–Crippen LogP) is 6.52. The van der Waals surface area contributed by atoms with E-state index >= 15 is 0 Å². The van der Waals surface area contributed by atoms with Gasteiger partial charge in [0.05, 0.1) is 12.2 Å². The topological polar surface area (TPSA) is 72.8 Å². The second-order valence-electron chi connectivity index (χ2n) is 7.48. The Labute approximate surface area is 184 Å². The number of hydrogen-bond acceptors (Lipinski definition) is 4. The lowest BCUT2D eigenvalue weighted by Gasteiger charge is -2.08. The Morgan fingerprint density at radius 3 is 2.00 bits per heavy atom. The van der Waals surface area contributed by atoms with Gasteiger partial charge in [-0.1, -0.05) is 64.0 Å². The largest absolute Gasteiger partial charge is 0.494 e. The zero-order chi connectivity index (χ0) is 22.3. The molecule has 2 aromatic rings. The van der Waals surface area contributed by atoms with Gasteiger partial charge in [0.2, 0.25) is 0 Å². The molecular formula is C26H32O5. The lowest BCUT2D eigenvalue weighted by Crippen LogP contribution is -2.08. The van der Waals surface area contributed by atoms with Crippen LogP contribution in [-0.2, 0) is 4.79 Å². The first-order valence-electron chi connectivity index (χ1n) is 11.0. The van der Waals surface area contributed by atoms with Gasteiger partial charge < -0.3 is 14.6 Å². The van der Waals surface area contributed by atoms with Crippen molar-refractivity contribution in [2.24, 2.45) is 0 Å². The van der Waals surface area contributed by atoms with Crippen molar-refractivity contribution in [1.29, 1.82) is 0 Å². The maximum atomic E-state index is 12.3. The molecule has 2 aromatic carbocycles. The summed E-state index contributed by atoms with van der Waals surface area (Å²) in [5.74, 6) is -0.328. The summed E-state index contributed by atoms with van der Waals surface area (Å²) in [5.41, 5.74) is 1.15. The molecule has 0 aliphatic rings. The molecule has 0 spiro atoms. The molecule has 0 bridgehead atoms. The fraction of sp³-hybridized carbons (Fsp3) is 0.385.